The van der Waals surface area contributed by atoms with E-state index in [1.165, 1.54) is 6.33 Å². The van der Waals surface area contributed by atoms with E-state index in [1.54, 1.807) is 23.0 Å². The van der Waals surface area contributed by atoms with Crippen molar-refractivity contribution >= 4 is 22.8 Å². The third kappa shape index (κ3) is 3.35. The van der Waals surface area contributed by atoms with Crippen LogP contribution in [0.15, 0.2) is 60.0 Å². The van der Waals surface area contributed by atoms with Gasteiger partial charge in [-0.25, -0.2) is 14.6 Å². The number of aryl methyl sites for hydroxylation is 2. The standard InChI is InChI=1S/C20H18N6O/c1-13-9-14(2)26(25-13)20-10-19(21-12-22-20)24-23-11-17-16-6-4-3-5-15(16)7-8-18(17)27/h3-12,27H,1-2H3,(H,21,22,24). The van der Waals surface area contributed by atoms with E-state index < -0.39 is 0 Å². The van der Waals surface area contributed by atoms with Crippen molar-refractivity contribution in [2.75, 3.05) is 5.43 Å². The average Bonchev–Trinajstić information content (AvgIpc) is 3.02. The molecule has 0 aliphatic heterocycles. The molecule has 27 heavy (non-hydrogen) atoms. The molecule has 0 fully saturated rings. The van der Waals surface area contributed by atoms with Gasteiger partial charge in [-0.3, -0.25) is 5.43 Å². The van der Waals surface area contributed by atoms with Gasteiger partial charge in [0.15, 0.2) is 11.6 Å². The Morgan fingerprint density at radius 1 is 1.07 bits per heavy atom. The normalized spacial score (nSPS) is 11.3. The van der Waals surface area contributed by atoms with E-state index in [1.807, 2.05) is 50.2 Å². The molecule has 2 heterocycles. The predicted octanol–water partition coefficient (Wildman–Crippen LogP) is 3.58. The molecule has 0 radical (unpaired) electrons. The second kappa shape index (κ2) is 6.87. The third-order valence-electron chi connectivity index (χ3n) is 4.20. The van der Waals surface area contributed by atoms with Gasteiger partial charge in [-0.2, -0.15) is 10.2 Å². The van der Waals surface area contributed by atoms with Crippen molar-refractivity contribution in [3.8, 4) is 11.6 Å². The smallest absolute Gasteiger partial charge is 0.159 e. The maximum absolute atomic E-state index is 10.2. The lowest BCUT2D eigenvalue weighted by Gasteiger charge is -2.06. The molecule has 0 aliphatic carbocycles. The van der Waals surface area contributed by atoms with Crippen molar-refractivity contribution in [1.29, 1.82) is 0 Å². The highest BCUT2D eigenvalue weighted by molar-refractivity contribution is 6.02. The average molecular weight is 358 g/mol. The number of anilines is 1. The highest BCUT2D eigenvalue weighted by Gasteiger charge is 2.07. The van der Waals surface area contributed by atoms with Gasteiger partial charge in [-0.05, 0) is 36.8 Å². The van der Waals surface area contributed by atoms with E-state index in [0.717, 1.165) is 22.2 Å². The lowest BCUT2D eigenvalue weighted by Crippen LogP contribution is -2.04. The number of phenolic OH excluding ortho intramolecular Hbond substituents is 1. The molecule has 134 valence electrons. The molecule has 2 aromatic carbocycles. The lowest BCUT2D eigenvalue weighted by molar-refractivity contribution is 0.475. The van der Waals surface area contributed by atoms with Crippen LogP contribution in [0.1, 0.15) is 17.0 Å². The minimum atomic E-state index is 0.172. The Labute approximate surface area is 156 Å². The summed E-state index contributed by atoms with van der Waals surface area (Å²) in [4.78, 5) is 8.44. The summed E-state index contributed by atoms with van der Waals surface area (Å²) in [6.07, 6.45) is 3.04. The van der Waals surface area contributed by atoms with Crippen LogP contribution in [0.5, 0.6) is 5.75 Å². The molecule has 0 aliphatic rings. The highest BCUT2D eigenvalue weighted by Crippen LogP contribution is 2.25. The number of nitrogens with one attached hydrogen (secondary N) is 1. The molecule has 2 aromatic heterocycles. The first kappa shape index (κ1) is 16.7. The zero-order chi connectivity index (χ0) is 18.8. The summed E-state index contributed by atoms with van der Waals surface area (Å²) < 4.78 is 1.75. The molecule has 4 rings (SSSR count). The molecular formula is C20H18N6O. The van der Waals surface area contributed by atoms with E-state index in [4.69, 9.17) is 0 Å². The van der Waals surface area contributed by atoms with E-state index >= 15 is 0 Å². The molecule has 0 atom stereocenters. The summed E-state index contributed by atoms with van der Waals surface area (Å²) in [6, 6.07) is 15.1. The van der Waals surface area contributed by atoms with Gasteiger partial charge in [-0.1, -0.05) is 30.3 Å². The van der Waals surface area contributed by atoms with Crippen molar-refractivity contribution in [3.63, 3.8) is 0 Å². The largest absolute Gasteiger partial charge is 0.507 e. The van der Waals surface area contributed by atoms with Gasteiger partial charge in [0.05, 0.1) is 11.9 Å². The van der Waals surface area contributed by atoms with E-state index in [2.05, 4.69) is 25.6 Å². The van der Waals surface area contributed by atoms with Gasteiger partial charge in [0.1, 0.15) is 12.1 Å². The van der Waals surface area contributed by atoms with Crippen molar-refractivity contribution in [2.45, 2.75) is 13.8 Å². The van der Waals surface area contributed by atoms with Crippen LogP contribution in [-0.2, 0) is 0 Å². The summed E-state index contributed by atoms with van der Waals surface area (Å²) in [5, 5.41) is 20.8. The Morgan fingerprint density at radius 3 is 2.74 bits per heavy atom. The second-order valence-electron chi connectivity index (χ2n) is 6.19. The molecule has 0 amide bonds. The molecule has 0 bridgehead atoms. The van der Waals surface area contributed by atoms with Gasteiger partial charge in [0.25, 0.3) is 0 Å². The van der Waals surface area contributed by atoms with Crippen LogP contribution in [0.25, 0.3) is 16.6 Å². The quantitative estimate of drug-likeness (QED) is 0.430. The minimum absolute atomic E-state index is 0.172. The fourth-order valence-electron chi connectivity index (χ4n) is 2.97. The Bertz CT molecular complexity index is 1150. The maximum atomic E-state index is 10.2. The number of nitrogens with zero attached hydrogens (tertiary/aromatic N) is 5. The first-order valence-electron chi connectivity index (χ1n) is 8.47. The first-order chi connectivity index (χ1) is 13.1. The molecule has 0 saturated carbocycles. The van der Waals surface area contributed by atoms with Crippen molar-refractivity contribution in [1.82, 2.24) is 19.7 Å². The van der Waals surface area contributed by atoms with E-state index in [0.29, 0.717) is 17.2 Å². The van der Waals surface area contributed by atoms with Gasteiger partial charge < -0.3 is 5.11 Å². The van der Waals surface area contributed by atoms with E-state index in [-0.39, 0.29) is 5.75 Å². The molecule has 0 saturated heterocycles. The van der Waals surface area contributed by atoms with Crippen LogP contribution in [0.4, 0.5) is 5.82 Å². The van der Waals surface area contributed by atoms with Crippen LogP contribution in [-0.4, -0.2) is 31.1 Å². The molecule has 0 spiro atoms. The summed E-state index contributed by atoms with van der Waals surface area (Å²) in [6.45, 7) is 3.90. The summed E-state index contributed by atoms with van der Waals surface area (Å²) in [7, 11) is 0. The van der Waals surface area contributed by atoms with Gasteiger partial charge >= 0.3 is 0 Å². The van der Waals surface area contributed by atoms with Gasteiger partial charge in [-0.15, -0.1) is 0 Å². The minimum Gasteiger partial charge on any atom is -0.507 e. The van der Waals surface area contributed by atoms with Crippen molar-refractivity contribution in [3.05, 3.63) is 71.8 Å². The fourth-order valence-corrected chi connectivity index (χ4v) is 2.97. The number of phenols is 1. The number of hydrazone groups is 1. The number of aromatic hydroxyl groups is 1. The van der Waals surface area contributed by atoms with Crippen LogP contribution in [0.3, 0.4) is 0 Å². The molecule has 7 heteroatoms. The summed E-state index contributed by atoms with van der Waals surface area (Å²) in [5.41, 5.74) is 5.44. The zero-order valence-corrected chi connectivity index (χ0v) is 15.0. The highest BCUT2D eigenvalue weighted by atomic mass is 16.3. The van der Waals surface area contributed by atoms with Crippen molar-refractivity contribution < 1.29 is 5.11 Å². The second-order valence-corrected chi connectivity index (χ2v) is 6.19. The van der Waals surface area contributed by atoms with Crippen LogP contribution < -0.4 is 5.43 Å². The number of rotatable bonds is 4. The zero-order valence-electron chi connectivity index (χ0n) is 15.0. The summed E-state index contributed by atoms with van der Waals surface area (Å²) >= 11 is 0. The SMILES string of the molecule is Cc1cc(C)n(-c2cc(NN=Cc3c(O)ccc4ccccc34)ncn2)n1. The van der Waals surface area contributed by atoms with Gasteiger partial charge in [0, 0.05) is 17.3 Å². The lowest BCUT2D eigenvalue weighted by atomic mass is 10.0. The Kier molecular flexibility index (Phi) is 4.25. The number of benzene rings is 2. The van der Waals surface area contributed by atoms with Gasteiger partial charge in [0.2, 0.25) is 0 Å². The monoisotopic (exact) mass is 358 g/mol. The number of hydrogen-bond donors (Lipinski definition) is 2. The van der Waals surface area contributed by atoms with E-state index in [9.17, 15) is 5.11 Å². The third-order valence-corrected chi connectivity index (χ3v) is 4.20. The van der Waals surface area contributed by atoms with Crippen LogP contribution >= 0.6 is 0 Å². The van der Waals surface area contributed by atoms with Crippen LogP contribution in [0.2, 0.25) is 0 Å². The fraction of sp³-hybridized carbons (Fsp3) is 0.100. The topological polar surface area (TPSA) is 88.2 Å². The van der Waals surface area contributed by atoms with Crippen LogP contribution in [0, 0.1) is 13.8 Å². The molecule has 0 unspecified atom stereocenters. The molecule has 2 N–H and O–H groups in total. The first-order valence-corrected chi connectivity index (χ1v) is 8.47. The predicted molar refractivity (Wildman–Crippen MR) is 105 cm³/mol. The maximum Gasteiger partial charge on any atom is 0.159 e. The Balaban J connectivity index is 1.60. The number of aromatic nitrogens is 4. The summed E-state index contributed by atoms with van der Waals surface area (Å²) in [5.74, 6) is 1.36. The Morgan fingerprint density at radius 2 is 1.93 bits per heavy atom. The number of hydrogen-bond acceptors (Lipinski definition) is 6. The van der Waals surface area contributed by atoms with Crippen molar-refractivity contribution in [2.24, 2.45) is 5.10 Å². The molecule has 4 aromatic rings. The molecule has 7 nitrogen and oxygen atoms in total. The number of fused-ring (bicyclic) bond motifs is 1. The molecular weight excluding hydrogens is 340 g/mol. The Hall–Kier alpha value is -3.74.